The van der Waals surface area contributed by atoms with E-state index in [0.29, 0.717) is 0 Å². The van der Waals surface area contributed by atoms with Crippen molar-refractivity contribution < 1.29 is 9.47 Å². The first-order chi connectivity index (χ1) is 9.21. The van der Waals surface area contributed by atoms with Crippen LogP contribution < -0.4 is 15.2 Å². The van der Waals surface area contributed by atoms with Gasteiger partial charge in [0.05, 0.1) is 13.7 Å². The first-order valence-electron chi connectivity index (χ1n) is 7.26. The Morgan fingerprint density at radius 2 is 2.00 bits per heavy atom. The smallest absolute Gasteiger partial charge is 0.126 e. The minimum absolute atomic E-state index is 0.186. The highest BCUT2D eigenvalue weighted by Crippen LogP contribution is 2.26. The fourth-order valence-corrected chi connectivity index (χ4v) is 1.93. The minimum Gasteiger partial charge on any atom is -0.497 e. The van der Waals surface area contributed by atoms with Crippen LogP contribution in [0.1, 0.15) is 45.1 Å². The van der Waals surface area contributed by atoms with Crippen molar-refractivity contribution in [2.24, 2.45) is 5.73 Å². The van der Waals surface area contributed by atoms with Crippen LogP contribution in [0.3, 0.4) is 0 Å². The number of hydrogen-bond donors (Lipinski definition) is 1. The van der Waals surface area contributed by atoms with Crippen molar-refractivity contribution in [3.63, 3.8) is 0 Å². The third-order valence-corrected chi connectivity index (χ3v) is 3.29. The zero-order chi connectivity index (χ0) is 14.1. The molecule has 0 fully saturated rings. The molecule has 1 aromatic carbocycles. The lowest BCUT2D eigenvalue weighted by Crippen LogP contribution is -2.21. The molecule has 1 unspecified atom stereocenters. The lowest BCUT2D eigenvalue weighted by Gasteiger charge is -2.15. The average molecular weight is 265 g/mol. The second-order valence-corrected chi connectivity index (χ2v) is 4.90. The van der Waals surface area contributed by atoms with Gasteiger partial charge in [0, 0.05) is 12.1 Å². The maximum absolute atomic E-state index is 6.03. The van der Waals surface area contributed by atoms with Gasteiger partial charge in [-0.1, -0.05) is 32.8 Å². The molecular formula is C16H27NO2. The Morgan fingerprint density at radius 3 is 2.63 bits per heavy atom. The van der Waals surface area contributed by atoms with Crippen LogP contribution in [0, 0.1) is 0 Å². The number of unbranched alkanes of at least 4 members (excludes halogenated alkanes) is 2. The van der Waals surface area contributed by atoms with Crippen LogP contribution in [0.15, 0.2) is 18.2 Å². The van der Waals surface area contributed by atoms with Gasteiger partial charge in [-0.2, -0.15) is 0 Å². The molecule has 1 rings (SSSR count). The number of nitrogens with two attached hydrogens (primary N) is 1. The fourth-order valence-electron chi connectivity index (χ4n) is 1.93. The number of hydrogen-bond acceptors (Lipinski definition) is 3. The van der Waals surface area contributed by atoms with Crippen LogP contribution >= 0.6 is 0 Å². The molecule has 108 valence electrons. The van der Waals surface area contributed by atoms with Gasteiger partial charge >= 0.3 is 0 Å². The van der Waals surface area contributed by atoms with Gasteiger partial charge in [0.15, 0.2) is 0 Å². The monoisotopic (exact) mass is 265 g/mol. The van der Waals surface area contributed by atoms with Crippen molar-refractivity contribution in [2.45, 2.75) is 52.0 Å². The molecule has 0 saturated heterocycles. The predicted octanol–water partition coefficient (Wildman–Crippen LogP) is 3.54. The zero-order valence-electron chi connectivity index (χ0n) is 12.4. The molecule has 0 saturated carbocycles. The normalized spacial score (nSPS) is 12.2. The van der Waals surface area contributed by atoms with Crippen LogP contribution in [0.2, 0.25) is 0 Å². The predicted molar refractivity (Wildman–Crippen MR) is 80.0 cm³/mol. The third kappa shape index (κ3) is 5.52. The van der Waals surface area contributed by atoms with Gasteiger partial charge in [-0.25, -0.2) is 0 Å². The minimum atomic E-state index is 0.186. The highest BCUT2D eigenvalue weighted by molar-refractivity contribution is 5.41. The highest BCUT2D eigenvalue weighted by Gasteiger charge is 2.09. The summed E-state index contributed by atoms with van der Waals surface area (Å²) in [6.07, 6.45) is 5.32. The highest BCUT2D eigenvalue weighted by atomic mass is 16.5. The maximum Gasteiger partial charge on any atom is 0.126 e. The summed E-state index contributed by atoms with van der Waals surface area (Å²) >= 11 is 0. The molecule has 0 spiro atoms. The molecule has 1 atom stereocenters. The Bertz CT molecular complexity index is 366. The van der Waals surface area contributed by atoms with Crippen molar-refractivity contribution in [1.82, 2.24) is 0 Å². The molecule has 2 N–H and O–H groups in total. The summed E-state index contributed by atoms with van der Waals surface area (Å²) < 4.78 is 11.1. The van der Waals surface area contributed by atoms with Crippen LogP contribution in [0.5, 0.6) is 11.5 Å². The van der Waals surface area contributed by atoms with Gasteiger partial charge in [0.1, 0.15) is 11.5 Å². The van der Waals surface area contributed by atoms with E-state index in [1.807, 2.05) is 12.1 Å². The van der Waals surface area contributed by atoms with Gasteiger partial charge in [-0.15, -0.1) is 0 Å². The maximum atomic E-state index is 6.03. The van der Waals surface area contributed by atoms with Crippen molar-refractivity contribution in [3.8, 4) is 11.5 Å². The van der Waals surface area contributed by atoms with E-state index in [4.69, 9.17) is 15.2 Å². The molecule has 0 heterocycles. The largest absolute Gasteiger partial charge is 0.497 e. The summed E-state index contributed by atoms with van der Waals surface area (Å²) in [6, 6.07) is 6.18. The molecule has 0 aliphatic rings. The summed E-state index contributed by atoms with van der Waals surface area (Å²) in [5.74, 6) is 1.75. The van der Waals surface area contributed by atoms with Crippen LogP contribution in [-0.2, 0) is 6.42 Å². The van der Waals surface area contributed by atoms with Gasteiger partial charge in [-0.3, -0.25) is 0 Å². The molecule has 0 aliphatic heterocycles. The summed E-state index contributed by atoms with van der Waals surface area (Å²) in [5.41, 5.74) is 7.21. The zero-order valence-corrected chi connectivity index (χ0v) is 12.4. The number of benzene rings is 1. The topological polar surface area (TPSA) is 44.5 Å². The van der Waals surface area contributed by atoms with E-state index in [1.165, 1.54) is 18.4 Å². The van der Waals surface area contributed by atoms with Crippen molar-refractivity contribution in [3.05, 3.63) is 23.8 Å². The molecule has 0 aliphatic carbocycles. The van der Waals surface area contributed by atoms with Gasteiger partial charge in [0.2, 0.25) is 0 Å². The van der Waals surface area contributed by atoms with E-state index in [0.717, 1.165) is 37.4 Å². The third-order valence-electron chi connectivity index (χ3n) is 3.29. The first kappa shape index (κ1) is 15.8. The van der Waals surface area contributed by atoms with E-state index in [9.17, 15) is 0 Å². The van der Waals surface area contributed by atoms with E-state index >= 15 is 0 Å². The summed E-state index contributed by atoms with van der Waals surface area (Å²) in [7, 11) is 1.67. The standard InChI is InChI=1S/C16H27NO2/c1-4-6-7-10-19-16-12-15(18-3)9-8-13(16)11-14(17)5-2/h8-9,12,14H,4-7,10-11,17H2,1-3H3. The van der Waals surface area contributed by atoms with Crippen molar-refractivity contribution >= 4 is 0 Å². The molecule has 0 radical (unpaired) electrons. The Balaban J connectivity index is 2.71. The van der Waals surface area contributed by atoms with Crippen LogP contribution in [0.25, 0.3) is 0 Å². The Morgan fingerprint density at radius 1 is 1.21 bits per heavy atom. The molecule has 3 heteroatoms. The summed E-state index contributed by atoms with van der Waals surface area (Å²) in [4.78, 5) is 0. The van der Waals surface area contributed by atoms with E-state index < -0.39 is 0 Å². The summed E-state index contributed by atoms with van der Waals surface area (Å²) in [5, 5.41) is 0. The lowest BCUT2D eigenvalue weighted by atomic mass is 10.0. The lowest BCUT2D eigenvalue weighted by molar-refractivity contribution is 0.300. The average Bonchev–Trinajstić information content (AvgIpc) is 2.44. The summed E-state index contributed by atoms with van der Waals surface area (Å²) in [6.45, 7) is 5.06. The second kappa shape index (κ2) is 8.81. The van der Waals surface area contributed by atoms with Gasteiger partial charge < -0.3 is 15.2 Å². The molecule has 1 aromatic rings. The van der Waals surface area contributed by atoms with E-state index in [1.54, 1.807) is 7.11 Å². The Hall–Kier alpha value is -1.22. The number of rotatable bonds is 9. The van der Waals surface area contributed by atoms with Gasteiger partial charge in [0.25, 0.3) is 0 Å². The Labute approximate surface area is 117 Å². The number of methoxy groups -OCH3 is 1. The Kier molecular flexibility index (Phi) is 7.34. The molecule has 3 nitrogen and oxygen atoms in total. The van der Waals surface area contributed by atoms with Crippen molar-refractivity contribution in [2.75, 3.05) is 13.7 Å². The molecule has 0 aromatic heterocycles. The van der Waals surface area contributed by atoms with Gasteiger partial charge in [-0.05, 0) is 30.9 Å². The molecule has 0 bridgehead atoms. The van der Waals surface area contributed by atoms with Crippen molar-refractivity contribution in [1.29, 1.82) is 0 Å². The fraction of sp³-hybridized carbons (Fsp3) is 0.625. The molecular weight excluding hydrogens is 238 g/mol. The number of ether oxygens (including phenoxy) is 2. The van der Waals surface area contributed by atoms with Crippen LogP contribution in [0.4, 0.5) is 0 Å². The van der Waals surface area contributed by atoms with Crippen LogP contribution in [-0.4, -0.2) is 19.8 Å². The molecule has 19 heavy (non-hydrogen) atoms. The van der Waals surface area contributed by atoms with E-state index in [-0.39, 0.29) is 6.04 Å². The molecule has 0 amide bonds. The SMILES string of the molecule is CCCCCOc1cc(OC)ccc1CC(N)CC. The van der Waals surface area contributed by atoms with E-state index in [2.05, 4.69) is 19.9 Å². The first-order valence-corrected chi connectivity index (χ1v) is 7.26. The quantitative estimate of drug-likeness (QED) is 0.694. The second-order valence-electron chi connectivity index (χ2n) is 4.90.